The number of fused-ring (bicyclic) bond motifs is 1. The zero-order valence-corrected chi connectivity index (χ0v) is 26.6. The summed E-state index contributed by atoms with van der Waals surface area (Å²) in [7, 11) is 0. The van der Waals surface area contributed by atoms with Crippen LogP contribution in [0.5, 0.6) is 0 Å². The molecule has 14 nitrogen and oxygen atoms in total. The normalized spacial score (nSPS) is 12.7. The molecule has 0 saturated carbocycles. The molecule has 0 aliphatic carbocycles. The largest absolute Gasteiger partial charge is 0.370 e. The Morgan fingerprint density at radius 3 is 2.10 bits per heavy atom. The molecule has 0 radical (unpaired) electrons. The summed E-state index contributed by atoms with van der Waals surface area (Å²) in [5.41, 5.74) is 31.8. The molecule has 0 saturated heterocycles. The third-order valence-electron chi connectivity index (χ3n) is 7.61. The molecular weight excluding hydrogens is 610 g/mol. The lowest BCUT2D eigenvalue weighted by Gasteiger charge is -2.24. The summed E-state index contributed by atoms with van der Waals surface area (Å²) in [5, 5.41) is 9.56. The van der Waals surface area contributed by atoms with Crippen molar-refractivity contribution in [3.63, 3.8) is 0 Å². The average Bonchev–Trinajstić information content (AvgIpc) is 3.48. The first-order valence-corrected chi connectivity index (χ1v) is 15.6. The van der Waals surface area contributed by atoms with E-state index in [4.69, 9.17) is 28.7 Å². The number of benzene rings is 3. The van der Waals surface area contributed by atoms with Crippen LogP contribution in [0, 0.1) is 0 Å². The molecule has 0 spiro atoms. The highest BCUT2D eigenvalue weighted by Crippen LogP contribution is 2.20. The van der Waals surface area contributed by atoms with E-state index in [0.29, 0.717) is 24.2 Å². The van der Waals surface area contributed by atoms with Gasteiger partial charge in [0.15, 0.2) is 11.9 Å². The van der Waals surface area contributed by atoms with E-state index in [1.54, 1.807) is 24.3 Å². The Morgan fingerprint density at radius 1 is 0.729 bits per heavy atom. The molecule has 14 heteroatoms. The second kappa shape index (κ2) is 17.1. The Kier molecular flexibility index (Phi) is 12.5. The molecule has 3 amide bonds. The van der Waals surface area contributed by atoms with Crippen molar-refractivity contribution in [2.75, 3.05) is 6.54 Å². The van der Waals surface area contributed by atoms with Crippen molar-refractivity contribution in [1.82, 2.24) is 20.9 Å². The molecule has 3 aromatic carbocycles. The van der Waals surface area contributed by atoms with Gasteiger partial charge in [-0.2, -0.15) is 0 Å². The van der Waals surface area contributed by atoms with E-state index in [-0.39, 0.29) is 43.6 Å². The quantitative estimate of drug-likeness (QED) is 0.0467. The number of hydrogen-bond acceptors (Lipinski definition) is 6. The van der Waals surface area contributed by atoms with E-state index in [1.807, 2.05) is 60.8 Å². The third kappa shape index (κ3) is 10.6. The Bertz CT molecular complexity index is 1730. The van der Waals surface area contributed by atoms with Gasteiger partial charge in [0.05, 0.1) is 11.7 Å². The van der Waals surface area contributed by atoms with Gasteiger partial charge in [-0.05, 0) is 47.7 Å². The number of rotatable bonds is 16. The van der Waals surface area contributed by atoms with E-state index in [0.717, 1.165) is 22.0 Å². The zero-order chi connectivity index (χ0) is 34.5. The second-order valence-corrected chi connectivity index (χ2v) is 11.4. The molecule has 48 heavy (non-hydrogen) atoms. The number of nitrogens with zero attached hydrogens (tertiary/aromatic N) is 2. The number of carbonyl (C=O) groups excluding carboxylic acids is 3. The number of aliphatic imine (C=N–C) groups is 2. The SMILES string of the molecule is NC(N)=NCCC[C@H](N)C(=O)N[C@@H](Cc1ccc(N=C(N)N)cc1)C(=O)N[C@@H](Cc1c[nH]c2ccccc12)C(=O)NCc1ccccc1. The highest BCUT2D eigenvalue weighted by Gasteiger charge is 2.29. The van der Waals surface area contributed by atoms with Crippen LogP contribution in [-0.2, 0) is 33.8 Å². The molecule has 0 aliphatic heterocycles. The molecule has 14 N–H and O–H groups in total. The monoisotopic (exact) mass is 653 g/mol. The van der Waals surface area contributed by atoms with Crippen LogP contribution in [0.4, 0.5) is 5.69 Å². The standard InChI is InChI=1S/C34H43N11O3/c35-26(10-6-16-40-33(36)37)30(46)44-28(17-21-12-14-24(15-13-21)43-34(38)39)32(48)45-29(31(47)42-19-22-7-2-1-3-8-22)18-23-20-41-27-11-5-4-9-25(23)27/h1-5,7-9,11-15,20,26,28-29,41H,6,10,16-19,35H2,(H,42,47)(H,44,46)(H,45,48)(H4,36,37,40)(H4,38,39,43)/t26-,28-,29-/m0/s1. The van der Waals surface area contributed by atoms with Crippen LogP contribution in [0.15, 0.2) is 95.0 Å². The fourth-order valence-electron chi connectivity index (χ4n) is 5.14. The van der Waals surface area contributed by atoms with E-state index in [2.05, 4.69) is 30.9 Å². The van der Waals surface area contributed by atoms with Gasteiger partial charge in [0.1, 0.15) is 12.1 Å². The van der Waals surface area contributed by atoms with Gasteiger partial charge in [-0.15, -0.1) is 0 Å². The number of hydrogen-bond donors (Lipinski definition) is 9. The summed E-state index contributed by atoms with van der Waals surface area (Å²) in [6.07, 6.45) is 2.88. The van der Waals surface area contributed by atoms with E-state index in [1.165, 1.54) is 0 Å². The lowest BCUT2D eigenvalue weighted by Crippen LogP contribution is -2.56. The van der Waals surface area contributed by atoms with Gasteiger partial charge >= 0.3 is 0 Å². The molecular formula is C34H43N11O3. The predicted molar refractivity (Wildman–Crippen MR) is 188 cm³/mol. The second-order valence-electron chi connectivity index (χ2n) is 11.4. The Morgan fingerprint density at radius 2 is 1.40 bits per heavy atom. The molecule has 0 unspecified atom stereocenters. The molecule has 4 aromatic rings. The molecule has 0 aliphatic rings. The van der Waals surface area contributed by atoms with Crippen LogP contribution in [0.25, 0.3) is 10.9 Å². The minimum atomic E-state index is -1.07. The molecule has 1 heterocycles. The first-order valence-electron chi connectivity index (χ1n) is 15.6. The van der Waals surface area contributed by atoms with Crippen LogP contribution in [0.3, 0.4) is 0 Å². The smallest absolute Gasteiger partial charge is 0.243 e. The minimum absolute atomic E-state index is 0.0504. The number of carbonyl (C=O) groups is 3. The molecule has 4 rings (SSSR count). The summed E-state index contributed by atoms with van der Waals surface area (Å²) < 4.78 is 0. The number of aromatic nitrogens is 1. The van der Waals surface area contributed by atoms with Crippen LogP contribution in [0.2, 0.25) is 0 Å². The third-order valence-corrected chi connectivity index (χ3v) is 7.61. The van der Waals surface area contributed by atoms with Crippen molar-refractivity contribution in [3.05, 3.63) is 102 Å². The van der Waals surface area contributed by atoms with Crippen molar-refractivity contribution in [1.29, 1.82) is 0 Å². The van der Waals surface area contributed by atoms with Gasteiger partial charge in [0.2, 0.25) is 17.7 Å². The highest BCUT2D eigenvalue weighted by molar-refractivity contribution is 5.94. The van der Waals surface area contributed by atoms with Crippen LogP contribution >= 0.6 is 0 Å². The maximum absolute atomic E-state index is 14.0. The van der Waals surface area contributed by atoms with Crippen molar-refractivity contribution < 1.29 is 14.4 Å². The Hall–Kier alpha value is -5.89. The van der Waals surface area contributed by atoms with Gasteiger partial charge in [-0.25, -0.2) is 4.99 Å². The summed E-state index contributed by atoms with van der Waals surface area (Å²) in [4.78, 5) is 52.0. The van der Waals surface area contributed by atoms with E-state index in [9.17, 15) is 14.4 Å². The Balaban J connectivity index is 1.55. The molecule has 3 atom stereocenters. The van der Waals surface area contributed by atoms with Gasteiger partial charge in [0, 0.05) is 43.0 Å². The van der Waals surface area contributed by atoms with Gasteiger partial charge in [-0.3, -0.25) is 19.4 Å². The average molecular weight is 654 g/mol. The fraction of sp³-hybridized carbons (Fsp3) is 0.265. The van der Waals surface area contributed by atoms with Crippen molar-refractivity contribution in [2.45, 2.75) is 50.4 Å². The summed E-state index contributed by atoms with van der Waals surface area (Å²) in [6, 6.07) is 21.1. The number of H-pyrrole nitrogens is 1. The Labute approximate surface area is 278 Å². The van der Waals surface area contributed by atoms with Gasteiger partial charge < -0.3 is 49.6 Å². The maximum Gasteiger partial charge on any atom is 0.243 e. The van der Waals surface area contributed by atoms with Gasteiger partial charge in [0.25, 0.3) is 0 Å². The summed E-state index contributed by atoms with van der Waals surface area (Å²) in [6.45, 7) is 0.583. The van der Waals surface area contributed by atoms with Crippen molar-refractivity contribution >= 4 is 46.2 Å². The lowest BCUT2D eigenvalue weighted by molar-refractivity contribution is -0.132. The number of para-hydroxylation sites is 1. The van der Waals surface area contributed by atoms with Crippen molar-refractivity contribution in [3.8, 4) is 0 Å². The maximum atomic E-state index is 14.0. The summed E-state index contributed by atoms with van der Waals surface area (Å²) in [5.74, 6) is -1.60. The zero-order valence-electron chi connectivity index (χ0n) is 26.6. The topological polar surface area (TPSA) is 258 Å². The van der Waals surface area contributed by atoms with E-state index >= 15 is 0 Å². The van der Waals surface area contributed by atoms with E-state index < -0.39 is 29.9 Å². The van der Waals surface area contributed by atoms with Gasteiger partial charge in [-0.1, -0.05) is 60.7 Å². The minimum Gasteiger partial charge on any atom is -0.370 e. The van der Waals surface area contributed by atoms with Crippen LogP contribution < -0.4 is 44.6 Å². The number of amides is 3. The molecule has 0 fully saturated rings. The summed E-state index contributed by atoms with van der Waals surface area (Å²) >= 11 is 0. The van der Waals surface area contributed by atoms with Crippen LogP contribution in [-0.4, -0.2) is 59.3 Å². The van der Waals surface area contributed by atoms with Crippen molar-refractivity contribution in [2.24, 2.45) is 38.7 Å². The number of nitrogens with two attached hydrogens (primary N) is 5. The first kappa shape index (κ1) is 35.0. The number of nitrogens with one attached hydrogen (secondary N) is 4. The number of aromatic amines is 1. The molecule has 0 bridgehead atoms. The first-order chi connectivity index (χ1) is 23.1. The predicted octanol–water partition coefficient (Wildman–Crippen LogP) is 0.525. The van der Waals surface area contributed by atoms with Crippen LogP contribution in [0.1, 0.15) is 29.5 Å². The molecule has 252 valence electrons. The fourth-order valence-corrected chi connectivity index (χ4v) is 5.14. The highest BCUT2D eigenvalue weighted by atomic mass is 16.2. The number of guanidine groups is 2. The molecule has 1 aromatic heterocycles. The lowest BCUT2D eigenvalue weighted by atomic mass is 10.0.